The number of rotatable bonds is 7. The molecule has 0 atom stereocenters. The smallest absolute Gasteiger partial charge is 0.251 e. The van der Waals surface area contributed by atoms with Gasteiger partial charge in [0.1, 0.15) is 0 Å². The van der Waals surface area contributed by atoms with Gasteiger partial charge in [0, 0.05) is 24.7 Å². The van der Waals surface area contributed by atoms with Crippen molar-refractivity contribution in [2.75, 3.05) is 27.2 Å². The molecule has 0 bridgehead atoms. The molecule has 7 heteroatoms. The molecule has 1 amide bonds. The van der Waals surface area contributed by atoms with Gasteiger partial charge in [-0.05, 0) is 46.1 Å². The summed E-state index contributed by atoms with van der Waals surface area (Å²) in [7, 11) is 0.240. The average Bonchev–Trinajstić information content (AvgIpc) is 2.37. The van der Waals surface area contributed by atoms with Crippen LogP contribution in [0.3, 0.4) is 0 Å². The van der Waals surface area contributed by atoms with E-state index < -0.39 is 10.0 Å². The zero-order chi connectivity index (χ0) is 16.0. The lowest BCUT2D eigenvalue weighted by Gasteiger charge is -2.12. The monoisotopic (exact) mass is 313 g/mol. The van der Waals surface area contributed by atoms with Crippen molar-refractivity contribution in [1.29, 1.82) is 0 Å². The lowest BCUT2D eigenvalue weighted by atomic mass is 10.2. The topological polar surface area (TPSA) is 78.5 Å². The maximum Gasteiger partial charge on any atom is 0.251 e. The number of amides is 1. The Labute approximate surface area is 126 Å². The van der Waals surface area contributed by atoms with E-state index in [-0.39, 0.29) is 16.8 Å². The molecule has 0 heterocycles. The first-order valence-electron chi connectivity index (χ1n) is 6.77. The minimum absolute atomic E-state index is 0.0939. The van der Waals surface area contributed by atoms with Crippen molar-refractivity contribution in [1.82, 2.24) is 14.9 Å². The van der Waals surface area contributed by atoms with Gasteiger partial charge >= 0.3 is 0 Å². The highest BCUT2D eigenvalue weighted by Gasteiger charge is 2.17. The highest BCUT2D eigenvalue weighted by atomic mass is 32.2. The van der Waals surface area contributed by atoms with Gasteiger partial charge in [0.05, 0.1) is 4.90 Å². The summed E-state index contributed by atoms with van der Waals surface area (Å²) < 4.78 is 26.6. The van der Waals surface area contributed by atoms with Gasteiger partial charge in [-0.1, -0.05) is 6.07 Å². The second-order valence-corrected chi connectivity index (χ2v) is 7.08. The number of likely N-dealkylation sites (N-methyl/N-ethyl adjacent to an activating group) is 1. The molecule has 0 aliphatic carbocycles. The fourth-order valence-electron chi connectivity index (χ4n) is 1.68. The van der Waals surface area contributed by atoms with Crippen LogP contribution in [0.15, 0.2) is 29.2 Å². The Morgan fingerprint density at radius 3 is 2.52 bits per heavy atom. The predicted molar refractivity (Wildman–Crippen MR) is 82.8 cm³/mol. The van der Waals surface area contributed by atoms with E-state index in [4.69, 9.17) is 0 Å². The number of hydrogen-bond donors (Lipinski definition) is 2. The molecule has 21 heavy (non-hydrogen) atoms. The van der Waals surface area contributed by atoms with E-state index in [0.29, 0.717) is 12.1 Å². The Morgan fingerprint density at radius 1 is 1.29 bits per heavy atom. The third-order valence-electron chi connectivity index (χ3n) is 2.64. The number of nitrogens with zero attached hydrogens (tertiary/aromatic N) is 1. The van der Waals surface area contributed by atoms with Crippen LogP contribution < -0.4 is 10.0 Å². The maximum atomic E-state index is 12.1. The highest BCUT2D eigenvalue weighted by molar-refractivity contribution is 7.89. The van der Waals surface area contributed by atoms with Crippen LogP contribution in [0.25, 0.3) is 0 Å². The lowest BCUT2D eigenvalue weighted by molar-refractivity contribution is 0.0951. The first-order valence-corrected chi connectivity index (χ1v) is 8.26. The molecule has 0 saturated heterocycles. The molecule has 1 rings (SSSR count). The van der Waals surface area contributed by atoms with Crippen LogP contribution in [0.2, 0.25) is 0 Å². The Hall–Kier alpha value is -1.44. The Morgan fingerprint density at radius 2 is 1.95 bits per heavy atom. The minimum atomic E-state index is -3.59. The van der Waals surface area contributed by atoms with Crippen molar-refractivity contribution in [2.24, 2.45) is 0 Å². The normalized spacial score (nSPS) is 11.9. The van der Waals surface area contributed by atoms with E-state index in [1.54, 1.807) is 26.0 Å². The summed E-state index contributed by atoms with van der Waals surface area (Å²) in [6, 6.07) is 5.82. The number of benzene rings is 1. The molecular formula is C14H23N3O3S. The number of sulfonamides is 1. The molecule has 0 aliphatic rings. The molecule has 0 aliphatic heterocycles. The Kier molecular flexibility index (Phi) is 6.32. The Bertz CT molecular complexity index is 583. The van der Waals surface area contributed by atoms with Gasteiger partial charge in [-0.15, -0.1) is 0 Å². The second-order valence-electron chi connectivity index (χ2n) is 5.36. The van der Waals surface area contributed by atoms with Crippen LogP contribution in [0.4, 0.5) is 0 Å². The van der Waals surface area contributed by atoms with Gasteiger partial charge in [-0.2, -0.15) is 0 Å². The molecule has 0 aromatic heterocycles. The summed E-state index contributed by atoms with van der Waals surface area (Å²) in [6.07, 6.45) is 0. The fraction of sp³-hybridized carbons (Fsp3) is 0.500. The fourth-order valence-corrected chi connectivity index (χ4v) is 2.97. The molecule has 0 fully saturated rings. The molecule has 6 nitrogen and oxygen atoms in total. The molecule has 0 saturated carbocycles. The molecule has 1 aromatic carbocycles. The van der Waals surface area contributed by atoms with Gasteiger partial charge in [0.25, 0.3) is 5.91 Å². The largest absolute Gasteiger partial charge is 0.351 e. The number of carbonyl (C=O) groups is 1. The van der Waals surface area contributed by atoms with Crippen molar-refractivity contribution in [3.8, 4) is 0 Å². The minimum Gasteiger partial charge on any atom is -0.351 e. The number of nitrogens with one attached hydrogen (secondary N) is 2. The molecule has 2 N–H and O–H groups in total. The van der Waals surface area contributed by atoms with Crippen LogP contribution in [-0.4, -0.2) is 52.5 Å². The first kappa shape index (κ1) is 17.6. The molecule has 0 radical (unpaired) electrons. The van der Waals surface area contributed by atoms with Crippen molar-refractivity contribution < 1.29 is 13.2 Å². The van der Waals surface area contributed by atoms with Gasteiger partial charge in [0.15, 0.2) is 0 Å². The van der Waals surface area contributed by atoms with Gasteiger partial charge in [-0.25, -0.2) is 13.1 Å². The van der Waals surface area contributed by atoms with E-state index in [0.717, 1.165) is 6.54 Å². The van der Waals surface area contributed by atoms with Crippen LogP contribution >= 0.6 is 0 Å². The SMILES string of the molecule is CC(C)NS(=O)(=O)c1cccc(C(=O)NCCN(C)C)c1. The van der Waals surface area contributed by atoms with Crippen molar-refractivity contribution >= 4 is 15.9 Å². The van der Waals surface area contributed by atoms with Crippen molar-refractivity contribution in [3.63, 3.8) is 0 Å². The van der Waals surface area contributed by atoms with Crippen LogP contribution in [-0.2, 0) is 10.0 Å². The summed E-state index contributed by atoms with van der Waals surface area (Å²) in [6.45, 7) is 4.72. The molecule has 118 valence electrons. The van der Waals surface area contributed by atoms with E-state index in [1.807, 2.05) is 19.0 Å². The molecular weight excluding hydrogens is 290 g/mol. The highest BCUT2D eigenvalue weighted by Crippen LogP contribution is 2.12. The van der Waals surface area contributed by atoms with E-state index in [1.165, 1.54) is 12.1 Å². The number of carbonyl (C=O) groups excluding carboxylic acids is 1. The van der Waals surface area contributed by atoms with Crippen molar-refractivity contribution in [3.05, 3.63) is 29.8 Å². The van der Waals surface area contributed by atoms with E-state index >= 15 is 0 Å². The molecule has 1 aromatic rings. The van der Waals surface area contributed by atoms with E-state index in [9.17, 15) is 13.2 Å². The quantitative estimate of drug-likeness (QED) is 0.775. The molecule has 0 spiro atoms. The standard InChI is InChI=1S/C14H23N3O3S/c1-11(2)16-21(19,20)13-7-5-6-12(10-13)14(18)15-8-9-17(3)4/h5-7,10-11,16H,8-9H2,1-4H3,(H,15,18). The zero-order valence-electron chi connectivity index (χ0n) is 12.9. The Balaban J connectivity index is 2.83. The van der Waals surface area contributed by atoms with Gasteiger partial charge < -0.3 is 10.2 Å². The third-order valence-corrected chi connectivity index (χ3v) is 4.30. The zero-order valence-corrected chi connectivity index (χ0v) is 13.7. The van der Waals surface area contributed by atoms with Crippen LogP contribution in [0, 0.1) is 0 Å². The second kappa shape index (κ2) is 7.53. The van der Waals surface area contributed by atoms with Crippen LogP contribution in [0.5, 0.6) is 0 Å². The van der Waals surface area contributed by atoms with E-state index in [2.05, 4.69) is 10.0 Å². The summed E-state index contributed by atoms with van der Waals surface area (Å²) in [5.41, 5.74) is 0.334. The predicted octanol–water partition coefficient (Wildman–Crippen LogP) is 0.665. The summed E-state index contributed by atoms with van der Waals surface area (Å²) in [4.78, 5) is 14.0. The average molecular weight is 313 g/mol. The lowest BCUT2D eigenvalue weighted by Crippen LogP contribution is -2.32. The first-order chi connectivity index (χ1) is 9.72. The summed E-state index contributed by atoms with van der Waals surface area (Å²) >= 11 is 0. The summed E-state index contributed by atoms with van der Waals surface area (Å²) in [5.74, 6) is -0.279. The van der Waals surface area contributed by atoms with Gasteiger partial charge in [0.2, 0.25) is 10.0 Å². The maximum absolute atomic E-state index is 12.1. The van der Waals surface area contributed by atoms with Crippen molar-refractivity contribution in [2.45, 2.75) is 24.8 Å². The van der Waals surface area contributed by atoms with Crippen LogP contribution in [0.1, 0.15) is 24.2 Å². The third kappa shape index (κ3) is 5.82. The number of hydrogen-bond acceptors (Lipinski definition) is 4. The van der Waals surface area contributed by atoms with Gasteiger partial charge in [-0.3, -0.25) is 4.79 Å². The summed E-state index contributed by atoms with van der Waals surface area (Å²) in [5, 5.41) is 2.75. The molecule has 0 unspecified atom stereocenters.